The predicted octanol–water partition coefficient (Wildman–Crippen LogP) is 3.99. The highest BCUT2D eigenvalue weighted by Crippen LogP contribution is 2.57. The Bertz CT molecular complexity index is 1260. The second-order valence-electron chi connectivity index (χ2n) is 11.8. The Balaban J connectivity index is 1.31. The quantitative estimate of drug-likeness (QED) is 0.627. The van der Waals surface area contributed by atoms with E-state index in [2.05, 4.69) is 9.88 Å². The zero-order valence-corrected chi connectivity index (χ0v) is 21.6. The molecule has 0 unspecified atom stereocenters. The van der Waals surface area contributed by atoms with E-state index < -0.39 is 22.8 Å². The van der Waals surface area contributed by atoms with Crippen LogP contribution in [0.2, 0.25) is 0 Å². The summed E-state index contributed by atoms with van der Waals surface area (Å²) in [5, 5.41) is 23.2. The van der Waals surface area contributed by atoms with E-state index in [0.717, 1.165) is 54.5 Å². The number of carbonyl (C=O) groups is 1. The normalized spacial score (nSPS) is 29.4. The summed E-state index contributed by atoms with van der Waals surface area (Å²) in [6, 6.07) is 5.64. The Morgan fingerprint density at radius 2 is 1.87 bits per heavy atom. The lowest BCUT2D eigenvalue weighted by Crippen LogP contribution is -2.71. The average molecular weight is 530 g/mol. The number of hydrogen-bond acceptors (Lipinski definition) is 5. The molecule has 1 aromatic heterocycles. The number of alkyl halides is 3. The van der Waals surface area contributed by atoms with Gasteiger partial charge in [-0.25, -0.2) is 0 Å². The molecule has 4 aliphatic rings. The summed E-state index contributed by atoms with van der Waals surface area (Å²) in [7, 11) is 0. The number of likely N-dealkylation sites (tertiary alicyclic amines) is 2. The fourth-order valence-electron chi connectivity index (χ4n) is 7.32. The van der Waals surface area contributed by atoms with Crippen molar-refractivity contribution < 1.29 is 28.2 Å². The van der Waals surface area contributed by atoms with Gasteiger partial charge in [0.15, 0.2) is 0 Å². The highest BCUT2D eigenvalue weighted by atomic mass is 19.4. The van der Waals surface area contributed by atoms with Crippen molar-refractivity contribution in [3.63, 3.8) is 0 Å². The number of phenolic OH excluding ortho intramolecular Hbond substituents is 1. The van der Waals surface area contributed by atoms with Gasteiger partial charge in [0.1, 0.15) is 5.75 Å². The Morgan fingerprint density at radius 3 is 2.61 bits per heavy atom. The summed E-state index contributed by atoms with van der Waals surface area (Å²) in [6.45, 7) is 4.45. The molecule has 0 spiro atoms. The number of halogens is 3. The maximum atomic E-state index is 13.3. The van der Waals surface area contributed by atoms with Gasteiger partial charge in [0, 0.05) is 37.3 Å². The van der Waals surface area contributed by atoms with Crippen LogP contribution in [-0.2, 0) is 29.2 Å². The molecule has 1 amide bonds. The minimum Gasteiger partial charge on any atom is -0.508 e. The number of piperidine rings is 1. The number of carbonyl (C=O) groups excluding carboxylic acids is 1. The molecule has 9 heteroatoms. The first-order valence-electron chi connectivity index (χ1n) is 13.6. The maximum absolute atomic E-state index is 13.3. The molecule has 2 N–H and O–H groups in total. The van der Waals surface area contributed by atoms with E-state index in [9.17, 15) is 28.2 Å². The Morgan fingerprint density at radius 1 is 1.13 bits per heavy atom. The third-order valence-electron chi connectivity index (χ3n) is 9.59. The van der Waals surface area contributed by atoms with E-state index in [0.29, 0.717) is 38.3 Å². The van der Waals surface area contributed by atoms with Crippen molar-refractivity contribution in [2.24, 2.45) is 5.92 Å². The molecule has 6 rings (SSSR count). The van der Waals surface area contributed by atoms with Crippen molar-refractivity contribution in [3.05, 3.63) is 58.4 Å². The predicted molar refractivity (Wildman–Crippen MR) is 135 cm³/mol. The zero-order chi connectivity index (χ0) is 26.9. The first-order valence-corrected chi connectivity index (χ1v) is 13.6. The summed E-state index contributed by atoms with van der Waals surface area (Å²) in [6.07, 6.45) is 1.18. The topological polar surface area (TPSA) is 76.9 Å². The Hall–Kier alpha value is -2.65. The lowest BCUT2D eigenvalue weighted by molar-refractivity contribution is -0.149. The van der Waals surface area contributed by atoms with E-state index in [4.69, 9.17) is 0 Å². The van der Waals surface area contributed by atoms with Gasteiger partial charge in [-0.1, -0.05) is 6.07 Å². The van der Waals surface area contributed by atoms with Crippen molar-refractivity contribution in [3.8, 4) is 5.75 Å². The van der Waals surface area contributed by atoms with Crippen molar-refractivity contribution >= 4 is 5.91 Å². The van der Waals surface area contributed by atoms with Gasteiger partial charge in [-0.2, -0.15) is 13.2 Å². The number of benzene rings is 1. The Kier molecular flexibility index (Phi) is 6.03. The number of aromatic nitrogens is 1. The number of nitrogens with zero attached hydrogens (tertiary/aromatic N) is 3. The van der Waals surface area contributed by atoms with Gasteiger partial charge in [0.25, 0.3) is 0 Å². The summed E-state index contributed by atoms with van der Waals surface area (Å²) < 4.78 is 39.5. The molecule has 2 aliphatic carbocycles. The van der Waals surface area contributed by atoms with Gasteiger partial charge in [0.2, 0.25) is 5.91 Å². The number of pyridine rings is 1. The van der Waals surface area contributed by atoms with Gasteiger partial charge in [-0.05, 0) is 92.8 Å². The molecule has 6 nitrogen and oxygen atoms in total. The van der Waals surface area contributed by atoms with E-state index >= 15 is 0 Å². The number of aliphatic hydroxyl groups is 1. The average Bonchev–Trinajstić information content (AvgIpc) is 3.69. The van der Waals surface area contributed by atoms with E-state index in [1.807, 2.05) is 19.1 Å². The molecular weight excluding hydrogens is 495 g/mol. The standard InChI is InChI=1S/C29H34F3N3O3/c1-18-12-20-13-25-28(38)7-11-34(26(37)15-22-14-21(4-8-33-22)29(30,31)32)9-5-27(28,23(20)16-24(18)36)6-10-35(25)17-19-2-3-19/h4,8,12,14,16,19,25,36,38H,2-3,5-7,9-11,13,15,17H2,1H3/t25-,27+,28-/m1/s1. The van der Waals surface area contributed by atoms with E-state index in [1.165, 1.54) is 12.8 Å². The molecule has 204 valence electrons. The van der Waals surface area contributed by atoms with Gasteiger partial charge in [0.05, 0.1) is 23.3 Å². The second kappa shape index (κ2) is 8.95. The fraction of sp³-hybridized carbons (Fsp3) is 0.586. The lowest BCUT2D eigenvalue weighted by Gasteiger charge is -2.61. The highest BCUT2D eigenvalue weighted by molar-refractivity contribution is 5.78. The van der Waals surface area contributed by atoms with Crippen LogP contribution in [0.25, 0.3) is 0 Å². The van der Waals surface area contributed by atoms with Crippen LogP contribution in [0.15, 0.2) is 30.5 Å². The highest BCUT2D eigenvalue weighted by Gasteiger charge is 2.63. The lowest BCUT2D eigenvalue weighted by atomic mass is 9.52. The smallest absolute Gasteiger partial charge is 0.416 e. The molecule has 1 saturated carbocycles. The minimum atomic E-state index is -4.50. The molecule has 3 fully saturated rings. The SMILES string of the molecule is Cc1cc2c(cc1O)[C@@]13CCN(C(=O)Cc4cc(C(F)(F)F)ccn4)CC[C@@]1(O)[C@@H](C2)N(CC1CC1)CC3. The first kappa shape index (κ1) is 25.6. The number of amides is 1. The summed E-state index contributed by atoms with van der Waals surface area (Å²) in [5.74, 6) is 0.608. The third-order valence-corrected chi connectivity index (χ3v) is 9.59. The van der Waals surface area contributed by atoms with Crippen LogP contribution in [0.3, 0.4) is 0 Å². The van der Waals surface area contributed by atoms with Crippen molar-refractivity contribution in [1.29, 1.82) is 0 Å². The van der Waals surface area contributed by atoms with Crippen molar-refractivity contribution in [1.82, 2.24) is 14.8 Å². The molecular formula is C29H34F3N3O3. The molecule has 38 heavy (non-hydrogen) atoms. The van der Waals surface area contributed by atoms with Gasteiger partial charge in [-0.3, -0.25) is 14.7 Å². The van der Waals surface area contributed by atoms with Crippen LogP contribution in [0.4, 0.5) is 13.2 Å². The maximum Gasteiger partial charge on any atom is 0.416 e. The van der Waals surface area contributed by atoms with Gasteiger partial charge < -0.3 is 15.1 Å². The number of aromatic hydroxyl groups is 1. The zero-order valence-electron chi connectivity index (χ0n) is 21.6. The largest absolute Gasteiger partial charge is 0.508 e. The van der Waals surface area contributed by atoms with Crippen LogP contribution >= 0.6 is 0 Å². The van der Waals surface area contributed by atoms with Gasteiger partial charge in [-0.15, -0.1) is 0 Å². The molecule has 2 bridgehead atoms. The van der Waals surface area contributed by atoms with Crippen molar-refractivity contribution in [2.45, 2.75) is 75.1 Å². The van der Waals surface area contributed by atoms with Crippen LogP contribution in [0.5, 0.6) is 5.75 Å². The monoisotopic (exact) mass is 529 g/mol. The molecule has 0 radical (unpaired) electrons. The Labute approximate surface area is 220 Å². The number of fused-ring (bicyclic) bond motifs is 1. The minimum absolute atomic E-state index is 0.0755. The molecule has 3 atom stereocenters. The molecule has 3 heterocycles. The third kappa shape index (κ3) is 4.18. The van der Waals surface area contributed by atoms with E-state index in [-0.39, 0.29) is 29.8 Å². The molecule has 2 saturated heterocycles. The second-order valence-corrected chi connectivity index (χ2v) is 11.8. The summed E-state index contributed by atoms with van der Waals surface area (Å²) in [4.78, 5) is 21.5. The number of rotatable bonds is 4. The number of hydrogen-bond donors (Lipinski definition) is 2. The summed E-state index contributed by atoms with van der Waals surface area (Å²) in [5.41, 5.74) is 0.558. The first-order chi connectivity index (χ1) is 18.0. The number of aryl methyl sites for hydroxylation is 1. The van der Waals surface area contributed by atoms with Crippen LogP contribution in [-0.4, -0.2) is 68.7 Å². The van der Waals surface area contributed by atoms with Gasteiger partial charge >= 0.3 is 6.18 Å². The van der Waals surface area contributed by atoms with E-state index in [1.54, 1.807) is 4.90 Å². The molecule has 1 aromatic carbocycles. The van der Waals surface area contributed by atoms with Crippen LogP contribution < -0.4 is 0 Å². The summed E-state index contributed by atoms with van der Waals surface area (Å²) >= 11 is 0. The fourth-order valence-corrected chi connectivity index (χ4v) is 7.32. The van der Waals surface area contributed by atoms with Crippen molar-refractivity contribution in [2.75, 3.05) is 26.2 Å². The molecule has 2 aliphatic heterocycles. The number of phenols is 1. The van der Waals surface area contributed by atoms with Crippen LogP contribution in [0.1, 0.15) is 60.1 Å². The molecule has 2 aromatic rings. The van der Waals surface area contributed by atoms with Crippen LogP contribution in [0, 0.1) is 12.8 Å².